The molecule has 1 aromatic carbocycles. The molecule has 116 valence electrons. The fourth-order valence-corrected chi connectivity index (χ4v) is 2.12. The summed E-state index contributed by atoms with van der Waals surface area (Å²) in [4.78, 5) is 18.8. The van der Waals surface area contributed by atoms with E-state index < -0.39 is 5.97 Å². The molecule has 1 aromatic heterocycles. The van der Waals surface area contributed by atoms with Gasteiger partial charge in [0.2, 0.25) is 0 Å². The average Bonchev–Trinajstić information content (AvgIpc) is 2.53. The van der Waals surface area contributed by atoms with Crippen molar-refractivity contribution in [3.63, 3.8) is 0 Å². The Bertz CT molecular complexity index is 624. The van der Waals surface area contributed by atoms with E-state index in [9.17, 15) is 4.79 Å². The van der Waals surface area contributed by atoms with Gasteiger partial charge in [-0.2, -0.15) is 0 Å². The number of benzene rings is 1. The van der Waals surface area contributed by atoms with Gasteiger partial charge in [0.15, 0.2) is 5.69 Å². The number of nitrogens with one attached hydrogen (secondary N) is 1. The van der Waals surface area contributed by atoms with Gasteiger partial charge in [-0.3, -0.25) is 0 Å². The average molecular weight is 301 g/mol. The van der Waals surface area contributed by atoms with Crippen LogP contribution in [0.2, 0.25) is 0 Å². The van der Waals surface area contributed by atoms with Crippen LogP contribution in [0.15, 0.2) is 36.7 Å². The molecule has 1 unspecified atom stereocenters. The Morgan fingerprint density at radius 1 is 1.18 bits per heavy atom. The summed E-state index contributed by atoms with van der Waals surface area (Å²) in [5.41, 5.74) is 1.02. The van der Waals surface area contributed by atoms with Gasteiger partial charge in [-0.05, 0) is 23.6 Å². The highest BCUT2D eigenvalue weighted by atomic mass is 16.5. The number of carboxylic acid groups (broad SMARTS) is 1. The van der Waals surface area contributed by atoms with Gasteiger partial charge >= 0.3 is 5.97 Å². The minimum Gasteiger partial charge on any atom is -0.497 e. The predicted molar refractivity (Wildman–Crippen MR) is 83.2 cm³/mol. The van der Waals surface area contributed by atoms with E-state index in [0.29, 0.717) is 11.7 Å². The lowest BCUT2D eigenvalue weighted by atomic mass is 9.96. The molecule has 22 heavy (non-hydrogen) atoms. The molecule has 2 N–H and O–H groups in total. The van der Waals surface area contributed by atoms with Crippen LogP contribution in [0.4, 0.5) is 5.82 Å². The van der Waals surface area contributed by atoms with Crippen LogP contribution in [0.1, 0.15) is 35.9 Å². The second kappa shape index (κ2) is 6.89. The molecule has 1 atom stereocenters. The first-order chi connectivity index (χ1) is 10.5. The second-order valence-corrected chi connectivity index (χ2v) is 5.23. The maximum Gasteiger partial charge on any atom is 0.356 e. The lowest BCUT2D eigenvalue weighted by Gasteiger charge is -2.23. The molecule has 2 rings (SSSR count). The Morgan fingerprint density at radius 3 is 2.32 bits per heavy atom. The van der Waals surface area contributed by atoms with Crippen LogP contribution in [0.3, 0.4) is 0 Å². The molecule has 0 bridgehead atoms. The third kappa shape index (κ3) is 3.72. The van der Waals surface area contributed by atoms with Crippen molar-refractivity contribution < 1.29 is 14.6 Å². The molecule has 0 aliphatic rings. The summed E-state index contributed by atoms with van der Waals surface area (Å²) < 4.78 is 5.16. The fraction of sp³-hybridized carbons (Fsp3) is 0.312. The molecule has 0 radical (unpaired) electrons. The highest BCUT2D eigenvalue weighted by Crippen LogP contribution is 2.27. The smallest absolute Gasteiger partial charge is 0.356 e. The Labute approximate surface area is 129 Å². The summed E-state index contributed by atoms with van der Waals surface area (Å²) in [6.45, 7) is 4.20. The normalized spacial score (nSPS) is 12.0. The summed E-state index contributed by atoms with van der Waals surface area (Å²) in [6, 6.07) is 7.85. The van der Waals surface area contributed by atoms with Crippen LogP contribution in [0, 0.1) is 5.92 Å². The molecule has 6 nitrogen and oxygen atoms in total. The molecule has 0 fully saturated rings. The number of anilines is 1. The Kier molecular flexibility index (Phi) is 4.93. The van der Waals surface area contributed by atoms with Crippen LogP contribution in [0.5, 0.6) is 5.75 Å². The summed E-state index contributed by atoms with van der Waals surface area (Å²) >= 11 is 0. The quantitative estimate of drug-likeness (QED) is 0.853. The number of methoxy groups -OCH3 is 1. The van der Waals surface area contributed by atoms with Crippen molar-refractivity contribution in [3.05, 3.63) is 47.9 Å². The molecule has 2 aromatic rings. The molecular formula is C16H19N3O3. The number of aromatic nitrogens is 2. The third-order valence-electron chi connectivity index (χ3n) is 3.32. The maximum absolute atomic E-state index is 10.8. The lowest BCUT2D eigenvalue weighted by molar-refractivity contribution is 0.0690. The minimum atomic E-state index is -1.09. The van der Waals surface area contributed by atoms with E-state index in [0.717, 1.165) is 11.3 Å². The molecule has 0 saturated heterocycles. The van der Waals surface area contributed by atoms with E-state index >= 15 is 0 Å². The van der Waals surface area contributed by atoms with Crippen LogP contribution in [-0.2, 0) is 0 Å². The molecule has 1 heterocycles. The van der Waals surface area contributed by atoms with E-state index in [1.54, 1.807) is 7.11 Å². The van der Waals surface area contributed by atoms with Crippen LogP contribution in [0.25, 0.3) is 0 Å². The van der Waals surface area contributed by atoms with Crippen molar-refractivity contribution in [1.29, 1.82) is 0 Å². The van der Waals surface area contributed by atoms with Gasteiger partial charge in [-0.1, -0.05) is 26.0 Å². The van der Waals surface area contributed by atoms with Crippen molar-refractivity contribution in [1.82, 2.24) is 9.97 Å². The first-order valence-electron chi connectivity index (χ1n) is 6.97. The highest BCUT2D eigenvalue weighted by molar-refractivity contribution is 5.84. The summed E-state index contributed by atoms with van der Waals surface area (Å²) in [6.07, 6.45) is 2.68. The number of hydrogen-bond acceptors (Lipinski definition) is 5. The van der Waals surface area contributed by atoms with Gasteiger partial charge in [0.05, 0.1) is 25.5 Å². The molecule has 0 aliphatic heterocycles. The van der Waals surface area contributed by atoms with E-state index in [2.05, 4.69) is 29.1 Å². The lowest BCUT2D eigenvalue weighted by Crippen LogP contribution is -2.18. The van der Waals surface area contributed by atoms with E-state index in [-0.39, 0.29) is 11.7 Å². The van der Waals surface area contributed by atoms with Crippen LogP contribution >= 0.6 is 0 Å². The molecular weight excluding hydrogens is 282 g/mol. The number of carboxylic acids is 1. The second-order valence-electron chi connectivity index (χ2n) is 5.23. The molecule has 6 heteroatoms. The van der Waals surface area contributed by atoms with Crippen molar-refractivity contribution in [2.75, 3.05) is 12.4 Å². The van der Waals surface area contributed by atoms with Crippen molar-refractivity contribution in [2.45, 2.75) is 19.9 Å². The topological polar surface area (TPSA) is 84.3 Å². The molecule has 0 amide bonds. The summed E-state index contributed by atoms with van der Waals surface area (Å²) in [5, 5.41) is 12.1. The van der Waals surface area contributed by atoms with Gasteiger partial charge < -0.3 is 15.2 Å². The van der Waals surface area contributed by atoms with E-state index in [1.165, 1.54) is 12.4 Å². The Balaban J connectivity index is 2.19. The Hall–Kier alpha value is -2.63. The SMILES string of the molecule is COc1ccc(C(Nc2cnc(C(=O)O)cn2)C(C)C)cc1. The van der Waals surface area contributed by atoms with E-state index in [1.807, 2.05) is 24.3 Å². The molecule has 0 spiro atoms. The molecule has 0 saturated carbocycles. The summed E-state index contributed by atoms with van der Waals surface area (Å²) in [5.74, 6) is 0.570. The van der Waals surface area contributed by atoms with Gasteiger partial charge in [-0.25, -0.2) is 14.8 Å². The third-order valence-corrected chi connectivity index (χ3v) is 3.32. The summed E-state index contributed by atoms with van der Waals surface area (Å²) in [7, 11) is 1.63. The fourth-order valence-electron chi connectivity index (χ4n) is 2.12. The van der Waals surface area contributed by atoms with Crippen molar-refractivity contribution in [3.8, 4) is 5.75 Å². The standard InChI is InChI=1S/C16H19N3O3/c1-10(2)15(11-4-6-12(22-3)7-5-11)19-14-9-17-13(8-18-14)16(20)21/h4-10,15H,1-3H3,(H,18,19)(H,20,21). The van der Waals surface area contributed by atoms with Gasteiger partial charge in [0.1, 0.15) is 11.6 Å². The first-order valence-corrected chi connectivity index (χ1v) is 6.97. The highest BCUT2D eigenvalue weighted by Gasteiger charge is 2.17. The Morgan fingerprint density at radius 2 is 1.86 bits per heavy atom. The van der Waals surface area contributed by atoms with Gasteiger partial charge in [0.25, 0.3) is 0 Å². The number of hydrogen-bond donors (Lipinski definition) is 2. The first kappa shape index (κ1) is 15.8. The number of carbonyl (C=O) groups is 1. The molecule has 0 aliphatic carbocycles. The van der Waals surface area contributed by atoms with Crippen molar-refractivity contribution in [2.24, 2.45) is 5.92 Å². The van der Waals surface area contributed by atoms with E-state index in [4.69, 9.17) is 9.84 Å². The zero-order chi connectivity index (χ0) is 16.1. The maximum atomic E-state index is 10.8. The monoisotopic (exact) mass is 301 g/mol. The number of nitrogens with zero attached hydrogens (tertiary/aromatic N) is 2. The zero-order valence-corrected chi connectivity index (χ0v) is 12.8. The minimum absolute atomic E-state index is 0.0379. The van der Waals surface area contributed by atoms with Gasteiger partial charge in [0, 0.05) is 0 Å². The number of rotatable bonds is 6. The number of aromatic carboxylic acids is 1. The largest absolute Gasteiger partial charge is 0.497 e. The van der Waals surface area contributed by atoms with Crippen LogP contribution in [-0.4, -0.2) is 28.2 Å². The predicted octanol–water partition coefficient (Wildman–Crippen LogP) is 2.99. The van der Waals surface area contributed by atoms with Crippen molar-refractivity contribution >= 4 is 11.8 Å². The zero-order valence-electron chi connectivity index (χ0n) is 12.8. The van der Waals surface area contributed by atoms with Gasteiger partial charge in [-0.15, -0.1) is 0 Å². The van der Waals surface area contributed by atoms with Crippen LogP contribution < -0.4 is 10.1 Å². The number of ether oxygens (including phenoxy) is 1.